The smallest absolute Gasteiger partial charge is 0.301 e. The van der Waals surface area contributed by atoms with Crippen molar-refractivity contribution in [1.29, 1.82) is 0 Å². The van der Waals surface area contributed by atoms with Crippen LogP contribution in [0.3, 0.4) is 0 Å². The van der Waals surface area contributed by atoms with E-state index in [1.807, 2.05) is 12.1 Å². The average Bonchev–Trinajstić information content (AvgIpc) is 3.67. The van der Waals surface area contributed by atoms with Gasteiger partial charge in [-0.15, -0.1) is 0 Å². The standard InChI is InChI=1S/C30H32F2N6O3S/c31-25-7-8-26(36-42(40,41)38-11-1-2-12-38)28(32)27(25)29(39)24-17-35-30-23(24)15-21(16-34-30)20-5-3-19(4-6-20)18-37-13-9-22(33)10-14-37/h3-8,15-17,22,36H,1-2,9-14,18,33H2,(H,34,35). The van der Waals surface area contributed by atoms with E-state index in [4.69, 9.17) is 5.73 Å². The zero-order valence-corrected chi connectivity index (χ0v) is 23.8. The van der Waals surface area contributed by atoms with Crippen LogP contribution >= 0.6 is 0 Å². The second-order valence-corrected chi connectivity index (χ2v) is 12.6. The van der Waals surface area contributed by atoms with Gasteiger partial charge < -0.3 is 10.7 Å². The topological polar surface area (TPSA) is 124 Å². The fourth-order valence-corrected chi connectivity index (χ4v) is 6.93. The molecule has 4 N–H and O–H groups in total. The van der Waals surface area contributed by atoms with E-state index in [0.29, 0.717) is 37.0 Å². The molecular weight excluding hydrogens is 562 g/mol. The Bertz CT molecular complexity index is 1730. The minimum atomic E-state index is -4.04. The van der Waals surface area contributed by atoms with Crippen molar-refractivity contribution < 1.29 is 22.0 Å². The third-order valence-corrected chi connectivity index (χ3v) is 9.59. The molecule has 2 aromatic carbocycles. The molecule has 0 atom stereocenters. The van der Waals surface area contributed by atoms with Crippen molar-refractivity contribution in [1.82, 2.24) is 19.2 Å². The maximum Gasteiger partial charge on any atom is 0.301 e. The summed E-state index contributed by atoms with van der Waals surface area (Å²) in [5.41, 5.74) is 7.88. The van der Waals surface area contributed by atoms with Crippen LogP contribution in [0.25, 0.3) is 22.2 Å². The number of nitrogens with two attached hydrogens (primary N) is 1. The molecule has 12 heteroatoms. The summed E-state index contributed by atoms with van der Waals surface area (Å²) in [7, 11) is -4.04. The van der Waals surface area contributed by atoms with Gasteiger partial charge in [0.2, 0.25) is 5.78 Å². The monoisotopic (exact) mass is 594 g/mol. The third-order valence-electron chi connectivity index (χ3n) is 8.06. The SMILES string of the molecule is NC1CCN(Cc2ccc(-c3cnc4[nH]cc(C(=O)c5c(F)ccc(NS(=O)(=O)N6CCCC6)c5F)c4c3)cc2)CC1. The molecule has 0 amide bonds. The number of ketones is 1. The molecule has 0 radical (unpaired) electrons. The second-order valence-electron chi connectivity index (χ2n) is 11.0. The van der Waals surface area contributed by atoms with Crippen LogP contribution in [0.4, 0.5) is 14.5 Å². The quantitative estimate of drug-likeness (QED) is 0.260. The predicted molar refractivity (Wildman–Crippen MR) is 157 cm³/mol. The summed E-state index contributed by atoms with van der Waals surface area (Å²) >= 11 is 0. The normalized spacial score (nSPS) is 17.2. The van der Waals surface area contributed by atoms with Gasteiger partial charge in [0, 0.05) is 54.6 Å². The molecule has 2 aliphatic rings. The number of aromatic amines is 1. The molecule has 2 aromatic heterocycles. The van der Waals surface area contributed by atoms with Crippen molar-refractivity contribution in [3.8, 4) is 11.1 Å². The van der Waals surface area contributed by atoms with Crippen molar-refractivity contribution in [2.45, 2.75) is 38.3 Å². The van der Waals surface area contributed by atoms with Crippen LogP contribution in [0.15, 0.2) is 54.9 Å². The number of fused-ring (bicyclic) bond motifs is 1. The first-order valence-corrected chi connectivity index (χ1v) is 15.5. The Morgan fingerprint density at radius 3 is 2.45 bits per heavy atom. The van der Waals surface area contributed by atoms with Gasteiger partial charge in [-0.2, -0.15) is 12.7 Å². The van der Waals surface area contributed by atoms with Crippen molar-refractivity contribution >= 4 is 32.7 Å². The molecule has 0 aliphatic carbocycles. The van der Waals surface area contributed by atoms with Gasteiger partial charge >= 0.3 is 10.2 Å². The number of nitrogens with zero attached hydrogens (tertiary/aromatic N) is 3. The van der Waals surface area contributed by atoms with Gasteiger partial charge in [-0.1, -0.05) is 24.3 Å². The molecule has 0 spiro atoms. The minimum absolute atomic E-state index is 0.0247. The number of likely N-dealkylation sites (tertiary alicyclic amines) is 1. The summed E-state index contributed by atoms with van der Waals surface area (Å²) in [5, 5.41) is 0.396. The van der Waals surface area contributed by atoms with Gasteiger partial charge in [0.05, 0.1) is 11.3 Å². The fraction of sp³-hybridized carbons (Fsp3) is 0.333. The molecule has 4 heterocycles. The molecule has 0 bridgehead atoms. The number of carbonyl (C=O) groups is 1. The van der Waals surface area contributed by atoms with Gasteiger partial charge in [0.15, 0.2) is 5.82 Å². The first-order chi connectivity index (χ1) is 20.2. The predicted octanol–water partition coefficient (Wildman–Crippen LogP) is 4.41. The van der Waals surface area contributed by atoms with E-state index in [-0.39, 0.29) is 11.6 Å². The third kappa shape index (κ3) is 5.67. The molecule has 4 aromatic rings. The highest BCUT2D eigenvalue weighted by atomic mass is 32.2. The molecule has 6 rings (SSSR count). The Labute approximate surface area is 242 Å². The first-order valence-electron chi connectivity index (χ1n) is 14.0. The summed E-state index contributed by atoms with van der Waals surface area (Å²) in [6.45, 7) is 3.41. The number of hydrogen-bond acceptors (Lipinski definition) is 6. The Kier molecular flexibility index (Phi) is 7.79. The first kappa shape index (κ1) is 28.4. The maximum absolute atomic E-state index is 15.5. The van der Waals surface area contributed by atoms with Crippen molar-refractivity contribution in [3.63, 3.8) is 0 Å². The number of benzene rings is 2. The lowest BCUT2D eigenvalue weighted by atomic mass is 9.99. The van der Waals surface area contributed by atoms with Crippen LogP contribution in [0.5, 0.6) is 0 Å². The molecule has 9 nitrogen and oxygen atoms in total. The molecule has 0 unspecified atom stereocenters. The largest absolute Gasteiger partial charge is 0.345 e. The van der Waals surface area contributed by atoms with Crippen LogP contribution in [-0.2, 0) is 16.8 Å². The number of aromatic nitrogens is 2. The van der Waals surface area contributed by atoms with E-state index >= 15 is 4.39 Å². The highest BCUT2D eigenvalue weighted by molar-refractivity contribution is 7.90. The summed E-state index contributed by atoms with van der Waals surface area (Å²) in [4.78, 5) is 23.2. The molecule has 0 saturated carbocycles. The van der Waals surface area contributed by atoms with E-state index < -0.39 is 38.9 Å². The van der Waals surface area contributed by atoms with E-state index in [9.17, 15) is 17.6 Å². The number of rotatable bonds is 8. The zero-order chi connectivity index (χ0) is 29.4. The molecule has 220 valence electrons. The Balaban J connectivity index is 1.26. The number of H-pyrrole nitrogens is 1. The Hall–Kier alpha value is -3.71. The van der Waals surface area contributed by atoms with Crippen LogP contribution < -0.4 is 10.5 Å². The number of nitrogens with one attached hydrogen (secondary N) is 2. The maximum atomic E-state index is 15.5. The van der Waals surface area contributed by atoms with E-state index in [0.717, 1.165) is 55.7 Å². The fourth-order valence-electron chi connectivity index (χ4n) is 5.63. The van der Waals surface area contributed by atoms with Gasteiger partial charge in [0.25, 0.3) is 0 Å². The second kappa shape index (κ2) is 11.5. The summed E-state index contributed by atoms with van der Waals surface area (Å²) in [6, 6.07) is 12.0. The summed E-state index contributed by atoms with van der Waals surface area (Å²) < 4.78 is 59.1. The van der Waals surface area contributed by atoms with E-state index in [1.165, 1.54) is 16.1 Å². The summed E-state index contributed by atoms with van der Waals surface area (Å²) in [6.07, 6.45) is 6.42. The van der Waals surface area contributed by atoms with Crippen molar-refractivity contribution in [2.75, 3.05) is 30.9 Å². The van der Waals surface area contributed by atoms with Gasteiger partial charge in [-0.25, -0.2) is 13.8 Å². The van der Waals surface area contributed by atoms with Crippen LogP contribution in [0, 0.1) is 11.6 Å². The molecule has 2 saturated heterocycles. The number of hydrogen-bond donors (Lipinski definition) is 3. The number of halogens is 2. The lowest BCUT2D eigenvalue weighted by molar-refractivity contribution is 0.103. The van der Waals surface area contributed by atoms with Crippen molar-refractivity contribution in [2.24, 2.45) is 5.73 Å². The Morgan fingerprint density at radius 1 is 1.02 bits per heavy atom. The van der Waals surface area contributed by atoms with Crippen LogP contribution in [0.1, 0.15) is 47.2 Å². The van der Waals surface area contributed by atoms with Crippen molar-refractivity contribution in [3.05, 3.63) is 83.2 Å². The minimum Gasteiger partial charge on any atom is -0.345 e. The van der Waals surface area contributed by atoms with Gasteiger partial charge in [-0.3, -0.25) is 14.4 Å². The average molecular weight is 595 g/mol. The number of anilines is 1. The highest BCUT2D eigenvalue weighted by Gasteiger charge is 2.29. The molecule has 42 heavy (non-hydrogen) atoms. The number of carbonyl (C=O) groups excluding carboxylic acids is 1. The molecule has 2 fully saturated rings. The summed E-state index contributed by atoms with van der Waals surface area (Å²) in [5.74, 6) is -3.28. The highest BCUT2D eigenvalue weighted by Crippen LogP contribution is 2.30. The molecular formula is C30H32F2N6O3S. The number of pyridine rings is 1. The number of piperidine rings is 1. The van der Waals surface area contributed by atoms with Gasteiger partial charge in [-0.05, 0) is 68.1 Å². The van der Waals surface area contributed by atoms with E-state index in [1.54, 1.807) is 12.3 Å². The zero-order valence-electron chi connectivity index (χ0n) is 22.9. The van der Waals surface area contributed by atoms with E-state index in [2.05, 4.69) is 31.7 Å². The lowest BCUT2D eigenvalue weighted by Gasteiger charge is -2.30. The Morgan fingerprint density at radius 2 is 1.74 bits per heavy atom. The van der Waals surface area contributed by atoms with Crippen LogP contribution in [0.2, 0.25) is 0 Å². The van der Waals surface area contributed by atoms with Gasteiger partial charge in [0.1, 0.15) is 11.5 Å². The van der Waals surface area contributed by atoms with Crippen LogP contribution in [-0.4, -0.2) is 65.6 Å². The lowest BCUT2D eigenvalue weighted by Crippen LogP contribution is -2.39. The molecule has 2 aliphatic heterocycles.